The maximum atomic E-state index is 8.89. The molecule has 0 amide bonds. The minimum absolute atomic E-state index is 0.264. The van der Waals surface area contributed by atoms with Gasteiger partial charge in [0, 0.05) is 4.79 Å². The molecule has 0 aliphatic heterocycles. The number of carbonyl (C=O) groups is 1. The standard InChI is InChI=1S/C2H3O2/c1-4-2-3/h2H,1H2/q+1. The van der Waals surface area contributed by atoms with Crippen molar-refractivity contribution in [2.75, 3.05) is 0 Å². The van der Waals surface area contributed by atoms with Gasteiger partial charge in [0.05, 0.1) is 0 Å². The maximum Gasteiger partial charge on any atom is 0.568 e. The van der Waals surface area contributed by atoms with E-state index in [1.54, 1.807) is 0 Å². The molecule has 4 heavy (non-hydrogen) atoms. The molecule has 0 spiro atoms. The van der Waals surface area contributed by atoms with Crippen LogP contribution in [0.5, 0.6) is 0 Å². The van der Waals surface area contributed by atoms with Gasteiger partial charge in [-0.05, 0) is 0 Å². The molecule has 0 bridgehead atoms. The highest BCUT2D eigenvalue weighted by Crippen LogP contribution is 1.15. The summed E-state index contributed by atoms with van der Waals surface area (Å²) in [5, 5.41) is 0. The Kier molecular flexibility index (Phi) is 1.95. The summed E-state index contributed by atoms with van der Waals surface area (Å²) >= 11 is 0. The van der Waals surface area contributed by atoms with E-state index in [1.165, 1.54) is 0 Å². The van der Waals surface area contributed by atoms with Crippen LogP contribution in [0.1, 0.15) is 0 Å². The normalized spacial score (nSPS) is 5.00. The monoisotopic (exact) mass is 59.0 g/mol. The average Bonchev–Trinajstić information content (AvgIpc) is 1.37. The highest BCUT2D eigenvalue weighted by Gasteiger charge is 1.57. The first-order chi connectivity index (χ1) is 1.91. The van der Waals surface area contributed by atoms with Gasteiger partial charge in [0.2, 0.25) is 0 Å². The zero-order valence-electron chi connectivity index (χ0n) is 2.10. The Balaban J connectivity index is 2.73. The highest BCUT2D eigenvalue weighted by atomic mass is 16.4. The number of carbonyl (C=O) groups excluding carboxylic acids is 2. The Labute approximate surface area is 23.7 Å². The van der Waals surface area contributed by atoms with Crippen LogP contribution < -0.4 is 0 Å². The topological polar surface area (TPSA) is 28.4 Å². The summed E-state index contributed by atoms with van der Waals surface area (Å²) in [6, 6.07) is 0. The zero-order chi connectivity index (χ0) is 3.41. The van der Waals surface area contributed by atoms with E-state index in [0.29, 0.717) is 0 Å². The fourth-order valence-electron chi connectivity index (χ4n) is 0. The van der Waals surface area contributed by atoms with Crippen molar-refractivity contribution in [3.8, 4) is 0 Å². The van der Waals surface area contributed by atoms with Crippen LogP contribution in [0.15, 0.2) is 0 Å². The summed E-state index contributed by atoms with van der Waals surface area (Å²) in [5.74, 6) is 0. The first kappa shape index (κ1) is 3.34. The van der Waals surface area contributed by atoms with Crippen LogP contribution in [0, 0.1) is 0 Å². The van der Waals surface area contributed by atoms with Crippen LogP contribution >= 0.6 is 0 Å². The van der Waals surface area contributed by atoms with Crippen LogP contribution in [0.4, 0.5) is 0 Å². The lowest BCUT2D eigenvalue weighted by atomic mass is 11.6. The summed E-state index contributed by atoms with van der Waals surface area (Å²) in [6.45, 7) is 3.00. The van der Waals surface area contributed by atoms with E-state index in [4.69, 9.17) is 4.79 Å². The van der Waals surface area contributed by atoms with Crippen molar-refractivity contribution in [3.63, 3.8) is 0 Å². The SMILES string of the molecule is C=[O+]C=O. The first-order valence-corrected chi connectivity index (χ1v) is 0.760. The molecule has 2 nitrogen and oxygen atoms in total. The number of rotatable bonds is 1. The second kappa shape index (κ2) is 2.34. The van der Waals surface area contributed by atoms with Crippen LogP contribution in [0.25, 0.3) is 0 Å². The summed E-state index contributed by atoms with van der Waals surface area (Å²) < 4.78 is 3.61. The van der Waals surface area contributed by atoms with Crippen LogP contribution in [0.2, 0.25) is 0 Å². The summed E-state index contributed by atoms with van der Waals surface area (Å²) in [6.07, 6.45) is 0. The van der Waals surface area contributed by atoms with Gasteiger partial charge in [-0.1, -0.05) is 0 Å². The highest BCUT2D eigenvalue weighted by molar-refractivity contribution is 5.36. The number of hydrogen-bond donors (Lipinski definition) is 0. The molecule has 0 fully saturated rings. The molecule has 2 heteroatoms. The van der Waals surface area contributed by atoms with Crippen molar-refractivity contribution in [1.29, 1.82) is 0 Å². The minimum atomic E-state index is 0.264. The van der Waals surface area contributed by atoms with E-state index >= 15 is 0 Å². The van der Waals surface area contributed by atoms with Gasteiger partial charge in [-0.3, -0.25) is 4.42 Å². The number of hydrogen-bond acceptors (Lipinski definition) is 1. The predicted molar refractivity (Wildman–Crippen MR) is 13.2 cm³/mol. The predicted octanol–water partition coefficient (Wildman–Crippen LogP) is -0.493. The molecule has 0 radical (unpaired) electrons. The fourth-order valence-corrected chi connectivity index (χ4v) is 0. The molecule has 0 saturated heterocycles. The third-order valence-electron chi connectivity index (χ3n) is 0.0680. The van der Waals surface area contributed by atoms with Crippen molar-refractivity contribution in [1.82, 2.24) is 0 Å². The summed E-state index contributed by atoms with van der Waals surface area (Å²) in [4.78, 5) is 8.89. The Morgan fingerprint density at radius 3 is 2.25 bits per heavy atom. The largest absolute Gasteiger partial charge is 0.568 e. The van der Waals surface area contributed by atoms with E-state index < -0.39 is 0 Å². The molecular formula is C2H3O2+. The van der Waals surface area contributed by atoms with E-state index in [2.05, 4.69) is 11.2 Å². The molecule has 0 N–H and O–H groups in total. The van der Waals surface area contributed by atoms with Crippen molar-refractivity contribution in [3.05, 3.63) is 0 Å². The van der Waals surface area contributed by atoms with Gasteiger partial charge in [0.25, 0.3) is 0 Å². The Hall–Kier alpha value is -0.660. The summed E-state index contributed by atoms with van der Waals surface area (Å²) in [5.41, 5.74) is 0. The Morgan fingerprint density at radius 1 is 2.00 bits per heavy atom. The molecule has 0 rings (SSSR count). The van der Waals surface area contributed by atoms with Gasteiger partial charge in [0.1, 0.15) is 0 Å². The molecule has 0 aromatic carbocycles. The molecule has 0 aliphatic rings. The Morgan fingerprint density at radius 2 is 2.25 bits per heavy atom. The molecular weight excluding hydrogens is 56.0 g/mol. The maximum absolute atomic E-state index is 8.89. The minimum Gasteiger partial charge on any atom is -0.290 e. The smallest absolute Gasteiger partial charge is 0.290 e. The van der Waals surface area contributed by atoms with Crippen molar-refractivity contribution < 1.29 is 9.22 Å². The van der Waals surface area contributed by atoms with Gasteiger partial charge < -0.3 is 0 Å². The first-order valence-electron chi connectivity index (χ1n) is 0.760. The van der Waals surface area contributed by atoms with E-state index in [9.17, 15) is 0 Å². The van der Waals surface area contributed by atoms with Crippen molar-refractivity contribution in [2.24, 2.45) is 0 Å². The van der Waals surface area contributed by atoms with E-state index in [1.807, 2.05) is 0 Å². The second-order valence-corrected chi connectivity index (χ2v) is 0.263. The lowest BCUT2D eigenvalue weighted by Crippen LogP contribution is -1.58. The molecule has 0 heterocycles. The van der Waals surface area contributed by atoms with Crippen LogP contribution in [-0.4, -0.2) is 13.3 Å². The molecule has 0 aliphatic carbocycles. The molecule has 0 unspecified atom stereocenters. The van der Waals surface area contributed by atoms with Gasteiger partial charge in [-0.15, -0.1) is 0 Å². The lowest BCUT2D eigenvalue weighted by Gasteiger charge is -1.30. The van der Waals surface area contributed by atoms with Crippen molar-refractivity contribution in [2.45, 2.75) is 0 Å². The Bertz CT molecular complexity index is 25.0. The summed E-state index contributed by atoms with van der Waals surface area (Å²) in [7, 11) is 0. The van der Waals surface area contributed by atoms with Gasteiger partial charge >= 0.3 is 6.47 Å². The van der Waals surface area contributed by atoms with Crippen LogP contribution in [0.3, 0.4) is 0 Å². The average molecular weight is 59.0 g/mol. The third kappa shape index (κ3) is 1.34. The quantitative estimate of drug-likeness (QED) is 0.296. The van der Waals surface area contributed by atoms with E-state index in [0.717, 1.165) is 0 Å². The molecule has 0 atom stereocenters. The zero-order valence-corrected chi connectivity index (χ0v) is 2.10. The fraction of sp³-hybridized carbons (Fsp3) is 0. The molecule has 0 saturated carbocycles. The third-order valence-corrected chi connectivity index (χ3v) is 0.0680. The lowest BCUT2D eigenvalue weighted by molar-refractivity contribution is -0.348. The van der Waals surface area contributed by atoms with Crippen molar-refractivity contribution >= 4 is 13.3 Å². The van der Waals surface area contributed by atoms with E-state index in [-0.39, 0.29) is 6.47 Å². The second-order valence-electron chi connectivity index (χ2n) is 0.263. The molecule has 22 valence electrons. The van der Waals surface area contributed by atoms with Crippen LogP contribution in [-0.2, 0) is 9.22 Å². The van der Waals surface area contributed by atoms with Gasteiger partial charge in [0.15, 0.2) is 6.79 Å². The molecule has 0 aromatic rings. The van der Waals surface area contributed by atoms with Gasteiger partial charge in [-0.2, -0.15) is 0 Å². The van der Waals surface area contributed by atoms with Gasteiger partial charge in [-0.25, -0.2) is 0 Å². The molecule has 0 aromatic heterocycles.